The molecular weight excluding hydrogens is 270 g/mol. The minimum atomic E-state index is -0.132. The van der Waals surface area contributed by atoms with Crippen LogP contribution in [0.3, 0.4) is 0 Å². The van der Waals surface area contributed by atoms with Gasteiger partial charge in [-0.15, -0.1) is 0 Å². The van der Waals surface area contributed by atoms with Crippen LogP contribution in [0.25, 0.3) is 0 Å². The van der Waals surface area contributed by atoms with Crippen molar-refractivity contribution in [3.63, 3.8) is 0 Å². The van der Waals surface area contributed by atoms with Gasteiger partial charge in [0.05, 0.1) is 13.0 Å². The number of carbonyl (C=O) groups excluding carboxylic acids is 1. The Hall–Kier alpha value is -2.05. The van der Waals surface area contributed by atoms with Crippen LogP contribution < -0.4 is 16.0 Å². The Morgan fingerprint density at radius 3 is 2.67 bits per heavy atom. The maximum Gasteiger partial charge on any atom is 0.308 e. The standard InChI is InChI=1S/C14H23N5O2/c1-9(2)18-12-11(15)13(17-8-16-12)19-6-4-10(5-7-19)14(20)21-3/h8-10H,4-7,15H2,1-3H3,(H,16,17,18). The first kappa shape index (κ1) is 15.3. The zero-order valence-electron chi connectivity index (χ0n) is 12.8. The zero-order valence-corrected chi connectivity index (χ0v) is 12.8. The Morgan fingerprint density at radius 2 is 2.10 bits per heavy atom. The van der Waals surface area contributed by atoms with Gasteiger partial charge in [-0.1, -0.05) is 0 Å². The van der Waals surface area contributed by atoms with Gasteiger partial charge in [-0.05, 0) is 26.7 Å². The van der Waals surface area contributed by atoms with Crippen LogP contribution in [-0.4, -0.2) is 42.2 Å². The normalized spacial score (nSPS) is 16.1. The Morgan fingerprint density at radius 1 is 1.43 bits per heavy atom. The SMILES string of the molecule is COC(=O)C1CCN(c2ncnc(NC(C)C)c2N)CC1. The van der Waals surface area contributed by atoms with E-state index >= 15 is 0 Å². The zero-order chi connectivity index (χ0) is 15.4. The van der Waals surface area contributed by atoms with Gasteiger partial charge in [-0.25, -0.2) is 9.97 Å². The van der Waals surface area contributed by atoms with Crippen molar-refractivity contribution in [3.05, 3.63) is 6.33 Å². The molecule has 1 aliphatic rings. The highest BCUT2D eigenvalue weighted by Crippen LogP contribution is 2.30. The Kier molecular flexibility index (Phi) is 4.82. The first-order valence-corrected chi connectivity index (χ1v) is 7.22. The van der Waals surface area contributed by atoms with Gasteiger partial charge >= 0.3 is 5.97 Å². The highest BCUT2D eigenvalue weighted by molar-refractivity contribution is 5.76. The second-order valence-electron chi connectivity index (χ2n) is 5.54. The molecule has 0 radical (unpaired) electrons. The number of methoxy groups -OCH3 is 1. The maximum atomic E-state index is 11.6. The number of carbonyl (C=O) groups is 1. The molecule has 1 aromatic rings. The summed E-state index contributed by atoms with van der Waals surface area (Å²) in [6.45, 7) is 5.54. The van der Waals surface area contributed by atoms with Crippen molar-refractivity contribution in [1.82, 2.24) is 9.97 Å². The number of rotatable bonds is 4. The smallest absolute Gasteiger partial charge is 0.308 e. The number of aromatic nitrogens is 2. The first-order valence-electron chi connectivity index (χ1n) is 7.22. The number of ether oxygens (including phenoxy) is 1. The van der Waals surface area contributed by atoms with Crippen LogP contribution in [0.1, 0.15) is 26.7 Å². The minimum absolute atomic E-state index is 0.0254. The van der Waals surface area contributed by atoms with Crippen molar-refractivity contribution >= 4 is 23.3 Å². The van der Waals surface area contributed by atoms with E-state index in [4.69, 9.17) is 10.5 Å². The fourth-order valence-electron chi connectivity index (χ4n) is 2.52. The monoisotopic (exact) mass is 293 g/mol. The van der Waals surface area contributed by atoms with Crippen molar-refractivity contribution in [2.75, 3.05) is 36.1 Å². The maximum absolute atomic E-state index is 11.6. The summed E-state index contributed by atoms with van der Waals surface area (Å²) in [6.07, 6.45) is 3.02. The van der Waals surface area contributed by atoms with Gasteiger partial charge in [0, 0.05) is 19.1 Å². The van der Waals surface area contributed by atoms with Gasteiger partial charge in [0.2, 0.25) is 0 Å². The molecule has 0 atom stereocenters. The second kappa shape index (κ2) is 6.60. The molecule has 1 saturated heterocycles. The van der Waals surface area contributed by atoms with Crippen LogP contribution in [-0.2, 0) is 9.53 Å². The Balaban J connectivity index is 2.08. The fraction of sp³-hybridized carbons (Fsp3) is 0.643. The lowest BCUT2D eigenvalue weighted by atomic mass is 9.97. The summed E-state index contributed by atoms with van der Waals surface area (Å²) in [5.41, 5.74) is 6.72. The highest BCUT2D eigenvalue weighted by Gasteiger charge is 2.27. The molecule has 21 heavy (non-hydrogen) atoms. The van der Waals surface area contributed by atoms with Gasteiger partial charge in [-0.2, -0.15) is 0 Å². The molecule has 0 saturated carbocycles. The van der Waals surface area contributed by atoms with Crippen LogP contribution in [0.15, 0.2) is 6.33 Å². The number of anilines is 3. The summed E-state index contributed by atoms with van der Waals surface area (Å²) >= 11 is 0. The fourth-order valence-corrected chi connectivity index (χ4v) is 2.52. The van der Waals surface area contributed by atoms with E-state index in [9.17, 15) is 4.79 Å². The van der Waals surface area contributed by atoms with E-state index in [1.807, 2.05) is 13.8 Å². The van der Waals surface area contributed by atoms with E-state index < -0.39 is 0 Å². The number of hydrogen-bond donors (Lipinski definition) is 2. The van der Waals surface area contributed by atoms with Crippen LogP contribution in [0, 0.1) is 5.92 Å². The molecule has 3 N–H and O–H groups in total. The lowest BCUT2D eigenvalue weighted by Gasteiger charge is -2.32. The number of nitrogens with one attached hydrogen (secondary N) is 1. The molecule has 0 bridgehead atoms. The predicted molar refractivity (Wildman–Crippen MR) is 82.2 cm³/mol. The third-order valence-corrected chi connectivity index (χ3v) is 3.62. The molecule has 7 nitrogen and oxygen atoms in total. The topological polar surface area (TPSA) is 93.4 Å². The molecule has 0 amide bonds. The molecule has 0 unspecified atom stereocenters. The van der Waals surface area contributed by atoms with E-state index in [0.717, 1.165) is 31.7 Å². The Bertz CT molecular complexity index is 498. The average Bonchev–Trinajstić information content (AvgIpc) is 2.48. The van der Waals surface area contributed by atoms with Crippen molar-refractivity contribution < 1.29 is 9.53 Å². The summed E-state index contributed by atoms with van der Waals surface area (Å²) in [5.74, 6) is 1.23. The minimum Gasteiger partial charge on any atom is -0.469 e. The number of esters is 1. The first-order chi connectivity index (χ1) is 10.0. The quantitative estimate of drug-likeness (QED) is 0.807. The molecule has 1 fully saturated rings. The van der Waals surface area contributed by atoms with E-state index in [0.29, 0.717) is 11.5 Å². The predicted octanol–water partition coefficient (Wildman–Crippen LogP) is 1.27. The molecule has 0 aromatic carbocycles. The number of nitrogens with zero attached hydrogens (tertiary/aromatic N) is 3. The number of nitrogens with two attached hydrogens (primary N) is 1. The molecule has 0 aliphatic carbocycles. The van der Waals surface area contributed by atoms with Crippen molar-refractivity contribution in [2.45, 2.75) is 32.7 Å². The third-order valence-electron chi connectivity index (χ3n) is 3.62. The van der Waals surface area contributed by atoms with Crippen molar-refractivity contribution in [3.8, 4) is 0 Å². The molecule has 2 rings (SSSR count). The number of piperidine rings is 1. The lowest BCUT2D eigenvalue weighted by Crippen LogP contribution is -2.37. The lowest BCUT2D eigenvalue weighted by molar-refractivity contribution is -0.146. The third kappa shape index (κ3) is 3.53. The average molecular weight is 293 g/mol. The van der Waals surface area contributed by atoms with Gasteiger partial charge in [-0.3, -0.25) is 4.79 Å². The van der Waals surface area contributed by atoms with Crippen LogP contribution >= 0.6 is 0 Å². The molecule has 116 valence electrons. The second-order valence-corrected chi connectivity index (χ2v) is 5.54. The van der Waals surface area contributed by atoms with E-state index in [1.165, 1.54) is 13.4 Å². The van der Waals surface area contributed by atoms with Crippen molar-refractivity contribution in [1.29, 1.82) is 0 Å². The summed E-state index contributed by atoms with van der Waals surface area (Å²) in [6, 6.07) is 0.250. The highest BCUT2D eigenvalue weighted by atomic mass is 16.5. The molecule has 2 heterocycles. The molecule has 1 aromatic heterocycles. The summed E-state index contributed by atoms with van der Waals surface area (Å²) in [5, 5.41) is 3.21. The largest absolute Gasteiger partial charge is 0.469 e. The van der Waals surface area contributed by atoms with Crippen molar-refractivity contribution in [2.24, 2.45) is 5.92 Å². The van der Waals surface area contributed by atoms with Crippen LogP contribution in [0.5, 0.6) is 0 Å². The van der Waals surface area contributed by atoms with E-state index in [1.54, 1.807) is 0 Å². The summed E-state index contributed by atoms with van der Waals surface area (Å²) in [4.78, 5) is 22.1. The summed E-state index contributed by atoms with van der Waals surface area (Å²) in [7, 11) is 1.43. The number of hydrogen-bond acceptors (Lipinski definition) is 7. The number of nitrogen functional groups attached to an aromatic ring is 1. The molecular formula is C14H23N5O2. The van der Waals surface area contributed by atoms with E-state index in [2.05, 4.69) is 20.2 Å². The summed E-state index contributed by atoms with van der Waals surface area (Å²) < 4.78 is 4.80. The van der Waals surface area contributed by atoms with Gasteiger partial charge in [0.15, 0.2) is 11.6 Å². The van der Waals surface area contributed by atoms with Gasteiger partial charge in [0.1, 0.15) is 12.0 Å². The van der Waals surface area contributed by atoms with E-state index in [-0.39, 0.29) is 17.9 Å². The Labute approximate surface area is 124 Å². The van der Waals surface area contributed by atoms with Crippen LogP contribution in [0.2, 0.25) is 0 Å². The van der Waals surface area contributed by atoms with Gasteiger partial charge in [0.25, 0.3) is 0 Å². The molecule has 1 aliphatic heterocycles. The molecule has 7 heteroatoms. The van der Waals surface area contributed by atoms with Gasteiger partial charge < -0.3 is 20.7 Å². The van der Waals surface area contributed by atoms with Crippen LogP contribution in [0.4, 0.5) is 17.3 Å². The molecule has 0 spiro atoms.